The van der Waals surface area contributed by atoms with Crippen LogP contribution in [0.5, 0.6) is 0 Å². The molecule has 0 aliphatic carbocycles. The van der Waals surface area contributed by atoms with Gasteiger partial charge in [-0.15, -0.1) is 0 Å². The molecule has 0 radical (unpaired) electrons. The van der Waals surface area contributed by atoms with E-state index in [0.29, 0.717) is 5.76 Å². The van der Waals surface area contributed by atoms with Gasteiger partial charge in [-0.05, 0) is 49.8 Å². The van der Waals surface area contributed by atoms with Crippen LogP contribution in [0.4, 0.5) is 5.69 Å². The SMILES string of the molecule is CCN(CC)c1ccc(/C=N\NC(=O)CNC(=O)/C=C/c2ccco2)cc1. The average molecular weight is 368 g/mol. The Morgan fingerprint density at radius 2 is 1.89 bits per heavy atom. The maximum absolute atomic E-state index is 11.7. The fourth-order valence-corrected chi connectivity index (χ4v) is 2.35. The number of hydrogen-bond donors (Lipinski definition) is 2. The number of nitrogens with zero attached hydrogens (tertiary/aromatic N) is 2. The first-order chi connectivity index (χ1) is 13.1. The highest BCUT2D eigenvalue weighted by Crippen LogP contribution is 2.13. The van der Waals surface area contributed by atoms with Crippen LogP contribution in [0.15, 0.2) is 58.3 Å². The summed E-state index contributed by atoms with van der Waals surface area (Å²) in [6, 6.07) is 11.3. The molecule has 2 rings (SSSR count). The van der Waals surface area contributed by atoms with E-state index in [1.807, 2.05) is 24.3 Å². The average Bonchev–Trinajstić information content (AvgIpc) is 3.20. The molecule has 2 amide bonds. The molecule has 0 aliphatic rings. The van der Waals surface area contributed by atoms with Crippen molar-refractivity contribution in [2.75, 3.05) is 24.5 Å². The summed E-state index contributed by atoms with van der Waals surface area (Å²) in [7, 11) is 0. The van der Waals surface area contributed by atoms with Gasteiger partial charge >= 0.3 is 0 Å². The van der Waals surface area contributed by atoms with E-state index in [9.17, 15) is 9.59 Å². The molecule has 0 saturated carbocycles. The molecule has 0 unspecified atom stereocenters. The van der Waals surface area contributed by atoms with Crippen molar-refractivity contribution in [1.29, 1.82) is 0 Å². The molecule has 2 aromatic rings. The van der Waals surface area contributed by atoms with Gasteiger partial charge in [-0.1, -0.05) is 12.1 Å². The summed E-state index contributed by atoms with van der Waals surface area (Å²) < 4.78 is 5.07. The Kier molecular flexibility index (Phi) is 7.84. The fraction of sp³-hybridized carbons (Fsp3) is 0.250. The van der Waals surface area contributed by atoms with Crippen LogP contribution in [0, 0.1) is 0 Å². The lowest BCUT2D eigenvalue weighted by Crippen LogP contribution is -2.34. The van der Waals surface area contributed by atoms with Crippen molar-refractivity contribution in [2.45, 2.75) is 13.8 Å². The van der Waals surface area contributed by atoms with Gasteiger partial charge in [0.25, 0.3) is 5.91 Å². The highest BCUT2D eigenvalue weighted by molar-refractivity contribution is 5.94. The van der Waals surface area contributed by atoms with Crippen LogP contribution in [0.1, 0.15) is 25.2 Å². The van der Waals surface area contributed by atoms with Gasteiger partial charge in [0.05, 0.1) is 19.0 Å². The standard InChI is InChI=1S/C20H24N4O3/c1-3-24(4-2)17-9-7-16(8-10-17)14-22-23-20(26)15-21-19(25)12-11-18-6-5-13-27-18/h5-14H,3-4,15H2,1-2H3,(H,21,25)(H,23,26)/b12-11+,22-14-. The van der Waals surface area contributed by atoms with Gasteiger partial charge in [-0.2, -0.15) is 5.10 Å². The topological polar surface area (TPSA) is 86.9 Å². The van der Waals surface area contributed by atoms with Gasteiger partial charge < -0.3 is 14.6 Å². The predicted octanol–water partition coefficient (Wildman–Crippen LogP) is 2.41. The number of amides is 2. The predicted molar refractivity (Wildman–Crippen MR) is 106 cm³/mol. The smallest absolute Gasteiger partial charge is 0.259 e. The van der Waals surface area contributed by atoms with Gasteiger partial charge in [-0.25, -0.2) is 5.43 Å². The Morgan fingerprint density at radius 3 is 2.52 bits per heavy atom. The first-order valence-corrected chi connectivity index (χ1v) is 8.78. The molecule has 0 aliphatic heterocycles. The van der Waals surface area contributed by atoms with Crippen molar-refractivity contribution >= 4 is 29.8 Å². The molecular formula is C20H24N4O3. The van der Waals surface area contributed by atoms with Crippen LogP contribution >= 0.6 is 0 Å². The van der Waals surface area contributed by atoms with E-state index in [-0.39, 0.29) is 6.54 Å². The van der Waals surface area contributed by atoms with E-state index in [1.54, 1.807) is 18.3 Å². The van der Waals surface area contributed by atoms with E-state index in [0.717, 1.165) is 24.3 Å². The summed E-state index contributed by atoms with van der Waals surface area (Å²) in [5, 5.41) is 6.37. The van der Waals surface area contributed by atoms with Crippen molar-refractivity contribution in [3.8, 4) is 0 Å². The first kappa shape index (κ1) is 20.0. The molecule has 0 atom stereocenters. The summed E-state index contributed by atoms with van der Waals surface area (Å²) in [5.74, 6) is -0.241. The normalized spacial score (nSPS) is 11.0. The molecular weight excluding hydrogens is 344 g/mol. The van der Waals surface area contributed by atoms with Crippen molar-refractivity contribution in [1.82, 2.24) is 10.7 Å². The highest BCUT2D eigenvalue weighted by atomic mass is 16.3. The summed E-state index contributed by atoms with van der Waals surface area (Å²) >= 11 is 0. The number of anilines is 1. The zero-order valence-corrected chi connectivity index (χ0v) is 15.5. The first-order valence-electron chi connectivity index (χ1n) is 8.78. The van der Waals surface area contributed by atoms with E-state index in [4.69, 9.17) is 4.42 Å². The summed E-state index contributed by atoms with van der Waals surface area (Å²) in [6.45, 7) is 5.95. The van der Waals surface area contributed by atoms with E-state index >= 15 is 0 Å². The maximum atomic E-state index is 11.7. The number of carbonyl (C=O) groups is 2. The van der Waals surface area contributed by atoms with E-state index < -0.39 is 11.8 Å². The minimum atomic E-state index is -0.411. The van der Waals surface area contributed by atoms with Gasteiger partial charge in [0, 0.05) is 24.9 Å². The summed E-state index contributed by atoms with van der Waals surface area (Å²) in [5.41, 5.74) is 4.40. The van der Waals surface area contributed by atoms with Gasteiger partial charge in [0.15, 0.2) is 0 Å². The van der Waals surface area contributed by atoms with Crippen LogP contribution in [0.25, 0.3) is 6.08 Å². The lowest BCUT2D eigenvalue weighted by atomic mass is 10.2. The Bertz CT molecular complexity index is 776. The molecule has 0 fully saturated rings. The molecule has 0 spiro atoms. The number of carbonyl (C=O) groups excluding carboxylic acids is 2. The largest absolute Gasteiger partial charge is 0.465 e. The molecule has 7 heteroatoms. The minimum Gasteiger partial charge on any atom is -0.465 e. The van der Waals surface area contributed by atoms with Crippen LogP contribution in [0.2, 0.25) is 0 Å². The lowest BCUT2D eigenvalue weighted by molar-refractivity contribution is -0.123. The van der Waals surface area contributed by atoms with Gasteiger partial charge in [0.1, 0.15) is 5.76 Å². The molecule has 1 aromatic carbocycles. The van der Waals surface area contributed by atoms with Crippen molar-refractivity contribution < 1.29 is 14.0 Å². The zero-order chi connectivity index (χ0) is 19.5. The van der Waals surface area contributed by atoms with Crippen molar-refractivity contribution in [3.05, 3.63) is 60.1 Å². The molecule has 0 saturated heterocycles. The Labute approximate surface area is 158 Å². The minimum absolute atomic E-state index is 0.167. The summed E-state index contributed by atoms with van der Waals surface area (Å²) in [6.07, 6.45) is 5.89. The van der Waals surface area contributed by atoms with E-state index in [2.05, 4.69) is 34.6 Å². The van der Waals surface area contributed by atoms with Gasteiger partial charge in [0.2, 0.25) is 5.91 Å². The van der Waals surface area contributed by atoms with Crippen LogP contribution < -0.4 is 15.6 Å². The Morgan fingerprint density at radius 1 is 1.15 bits per heavy atom. The second-order valence-electron chi connectivity index (χ2n) is 5.62. The Hall–Kier alpha value is -3.35. The number of benzene rings is 1. The number of hydrogen-bond acceptors (Lipinski definition) is 5. The van der Waals surface area contributed by atoms with Crippen LogP contribution in [-0.4, -0.2) is 37.7 Å². The summed E-state index contributed by atoms with van der Waals surface area (Å²) in [4.78, 5) is 25.6. The van der Waals surface area contributed by atoms with Crippen molar-refractivity contribution in [2.24, 2.45) is 5.10 Å². The monoisotopic (exact) mass is 368 g/mol. The fourth-order valence-electron chi connectivity index (χ4n) is 2.35. The third-order valence-corrected chi connectivity index (χ3v) is 3.79. The zero-order valence-electron chi connectivity index (χ0n) is 15.5. The number of rotatable bonds is 9. The lowest BCUT2D eigenvalue weighted by Gasteiger charge is -2.20. The molecule has 142 valence electrons. The second kappa shape index (κ2) is 10.6. The molecule has 7 nitrogen and oxygen atoms in total. The Balaban J connectivity index is 1.73. The highest BCUT2D eigenvalue weighted by Gasteiger charge is 2.03. The van der Waals surface area contributed by atoms with Crippen molar-refractivity contribution in [3.63, 3.8) is 0 Å². The third kappa shape index (κ3) is 6.81. The molecule has 2 N–H and O–H groups in total. The third-order valence-electron chi connectivity index (χ3n) is 3.79. The molecule has 1 heterocycles. The molecule has 0 bridgehead atoms. The number of hydrazone groups is 1. The molecule has 1 aromatic heterocycles. The maximum Gasteiger partial charge on any atom is 0.259 e. The van der Waals surface area contributed by atoms with Crippen LogP contribution in [0.3, 0.4) is 0 Å². The second-order valence-corrected chi connectivity index (χ2v) is 5.62. The van der Waals surface area contributed by atoms with E-state index in [1.165, 1.54) is 18.4 Å². The number of nitrogens with one attached hydrogen (secondary N) is 2. The quantitative estimate of drug-likeness (QED) is 0.404. The number of furan rings is 1. The molecule has 27 heavy (non-hydrogen) atoms. The van der Waals surface area contributed by atoms with Gasteiger partial charge in [-0.3, -0.25) is 9.59 Å². The van der Waals surface area contributed by atoms with Crippen LogP contribution in [-0.2, 0) is 9.59 Å².